The molecule has 0 radical (unpaired) electrons. The van der Waals surface area contributed by atoms with Gasteiger partial charge in [-0.2, -0.15) is 26.3 Å². The van der Waals surface area contributed by atoms with Crippen molar-refractivity contribution in [2.24, 2.45) is 0 Å². The summed E-state index contributed by atoms with van der Waals surface area (Å²) in [7, 11) is -10.2. The number of nitrogens with zero attached hydrogens (tertiary/aromatic N) is 1. The molecule has 170 valence electrons. The molecule has 0 saturated carbocycles. The molecule has 0 heterocycles. The maximum absolute atomic E-state index is 12.7. The van der Waals surface area contributed by atoms with Gasteiger partial charge in [-0.05, 0) is 30.7 Å². The molecule has 14 heteroatoms. The van der Waals surface area contributed by atoms with Gasteiger partial charge in [-0.1, -0.05) is 18.2 Å². The molecule has 0 bridgehead atoms. The second-order valence-corrected chi connectivity index (χ2v) is 9.88. The molecule has 0 fully saturated rings. The van der Waals surface area contributed by atoms with Crippen molar-refractivity contribution in [2.45, 2.75) is 17.9 Å². The summed E-state index contributed by atoms with van der Waals surface area (Å²) in [5.74, 6) is 0.333. The third kappa shape index (κ3) is 5.47. The summed E-state index contributed by atoms with van der Waals surface area (Å²) >= 11 is 0. The van der Waals surface area contributed by atoms with Crippen LogP contribution in [0.25, 0.3) is 6.08 Å². The quantitative estimate of drug-likeness (QED) is 0.435. The highest BCUT2D eigenvalue weighted by atomic mass is 32.3. The number of halogens is 6. The van der Waals surface area contributed by atoms with Crippen LogP contribution in [0.4, 0.5) is 32.0 Å². The smallest absolute Gasteiger partial charge is 0.492 e. The zero-order valence-corrected chi connectivity index (χ0v) is 17.4. The number of alkyl halides is 6. The highest BCUT2D eigenvalue weighted by Gasteiger charge is 2.59. The van der Waals surface area contributed by atoms with E-state index in [1.807, 2.05) is 0 Å². The minimum Gasteiger partial charge on any atom is -0.492 e. The standard InChI is InChI=1S/C16H17F6NO5S2/c1-4-28-13-10-11(8-9-12(13)23(2)3)6-5-7-14(29(24,25)15(17,18)19)30(26,27)16(20,21)22/h5-10H,4H2,1-3H3. The SMILES string of the molecule is CCOc1cc(C=CC=C(S(=O)(=O)C(F)(F)F)S(=O)(=O)C(F)(F)F)ccc1N(C)C. The van der Waals surface area contributed by atoms with Crippen LogP contribution in [0.1, 0.15) is 12.5 Å². The summed E-state index contributed by atoms with van der Waals surface area (Å²) in [6.07, 6.45) is 1.13. The first-order valence-corrected chi connectivity index (χ1v) is 10.9. The summed E-state index contributed by atoms with van der Waals surface area (Å²) in [4.78, 5) is 1.68. The van der Waals surface area contributed by atoms with Crippen molar-refractivity contribution in [3.63, 3.8) is 0 Å². The fraction of sp³-hybridized carbons (Fsp3) is 0.375. The lowest BCUT2D eigenvalue weighted by Crippen LogP contribution is -2.34. The van der Waals surface area contributed by atoms with Crippen molar-refractivity contribution in [3.05, 3.63) is 40.2 Å². The van der Waals surface area contributed by atoms with Crippen LogP contribution in [-0.2, 0) is 19.7 Å². The van der Waals surface area contributed by atoms with Gasteiger partial charge in [0, 0.05) is 14.1 Å². The van der Waals surface area contributed by atoms with E-state index in [0.717, 1.165) is 6.08 Å². The number of sulfone groups is 2. The molecule has 0 aliphatic rings. The van der Waals surface area contributed by atoms with Crippen LogP contribution in [0.3, 0.4) is 0 Å². The maximum Gasteiger partial charge on any atom is 0.502 e. The van der Waals surface area contributed by atoms with E-state index in [1.165, 1.54) is 18.2 Å². The van der Waals surface area contributed by atoms with Crippen LogP contribution in [0.2, 0.25) is 0 Å². The van der Waals surface area contributed by atoms with Crippen molar-refractivity contribution < 1.29 is 47.9 Å². The molecule has 1 rings (SSSR count). The van der Waals surface area contributed by atoms with Crippen LogP contribution in [0.15, 0.2) is 34.6 Å². The van der Waals surface area contributed by atoms with Crippen molar-refractivity contribution in [1.82, 2.24) is 0 Å². The van der Waals surface area contributed by atoms with Gasteiger partial charge >= 0.3 is 11.0 Å². The number of rotatable bonds is 7. The number of hydrogen-bond acceptors (Lipinski definition) is 6. The van der Waals surface area contributed by atoms with E-state index in [0.29, 0.717) is 17.5 Å². The topological polar surface area (TPSA) is 80.8 Å². The van der Waals surface area contributed by atoms with Crippen LogP contribution in [0, 0.1) is 0 Å². The van der Waals surface area contributed by atoms with Gasteiger partial charge in [-0.15, -0.1) is 0 Å². The second kappa shape index (κ2) is 8.88. The molecule has 0 amide bonds. The molecule has 0 saturated heterocycles. The molecular weight excluding hydrogens is 464 g/mol. The zero-order chi connectivity index (χ0) is 23.5. The minimum absolute atomic E-state index is 0.202. The van der Waals surface area contributed by atoms with Crippen LogP contribution in [0.5, 0.6) is 5.75 Å². The summed E-state index contributed by atoms with van der Waals surface area (Å²) in [5, 5.41) is 0. The van der Waals surface area contributed by atoms with Crippen LogP contribution >= 0.6 is 0 Å². The van der Waals surface area contributed by atoms with E-state index in [1.54, 1.807) is 25.9 Å². The second-order valence-electron chi connectivity index (χ2n) is 5.80. The lowest BCUT2D eigenvalue weighted by Gasteiger charge is -2.17. The molecule has 0 spiro atoms. The highest BCUT2D eigenvalue weighted by Crippen LogP contribution is 2.39. The first kappa shape index (κ1) is 25.8. The molecule has 1 aromatic carbocycles. The Morgan fingerprint density at radius 1 is 1.00 bits per heavy atom. The Balaban J connectivity index is 3.55. The first-order chi connectivity index (χ1) is 13.5. The molecule has 0 unspecified atom stereocenters. The van der Waals surface area contributed by atoms with Crippen LogP contribution in [-0.4, -0.2) is 48.6 Å². The van der Waals surface area contributed by atoms with Gasteiger partial charge < -0.3 is 9.64 Å². The predicted octanol–water partition coefficient (Wildman–Crippen LogP) is 3.88. The molecule has 6 nitrogen and oxygen atoms in total. The average Bonchev–Trinajstić information content (AvgIpc) is 2.56. The molecule has 1 aromatic rings. The fourth-order valence-corrected chi connectivity index (χ4v) is 4.76. The number of benzene rings is 1. The summed E-state index contributed by atoms with van der Waals surface area (Å²) < 4.78 is 124. The van der Waals surface area contributed by atoms with Crippen molar-refractivity contribution in [3.8, 4) is 5.75 Å². The Bertz CT molecular complexity index is 993. The summed E-state index contributed by atoms with van der Waals surface area (Å²) in [6, 6.07) is 4.34. The Morgan fingerprint density at radius 2 is 1.50 bits per heavy atom. The number of hydrogen-bond donors (Lipinski definition) is 0. The Kier molecular flexibility index (Phi) is 7.64. The Labute approximate surface area is 169 Å². The third-order valence-corrected chi connectivity index (χ3v) is 7.29. The molecular formula is C16H17F6NO5S2. The lowest BCUT2D eigenvalue weighted by atomic mass is 10.1. The zero-order valence-electron chi connectivity index (χ0n) is 15.7. The summed E-state index contributed by atoms with van der Waals surface area (Å²) in [5.41, 5.74) is -11.7. The van der Waals surface area contributed by atoms with Gasteiger partial charge in [0.1, 0.15) is 5.75 Å². The normalized spacial score (nSPS) is 13.4. The Morgan fingerprint density at radius 3 is 1.90 bits per heavy atom. The summed E-state index contributed by atoms with van der Waals surface area (Å²) in [6.45, 7) is 1.94. The largest absolute Gasteiger partial charge is 0.502 e. The van der Waals surface area contributed by atoms with E-state index >= 15 is 0 Å². The van der Waals surface area contributed by atoms with Gasteiger partial charge in [0.2, 0.25) is 0 Å². The predicted molar refractivity (Wildman–Crippen MR) is 99.0 cm³/mol. The van der Waals surface area contributed by atoms with Crippen molar-refractivity contribution >= 4 is 31.4 Å². The molecule has 0 atom stereocenters. The van der Waals surface area contributed by atoms with E-state index < -0.39 is 34.9 Å². The molecule has 0 N–H and O–H groups in total. The maximum atomic E-state index is 12.7. The highest BCUT2D eigenvalue weighted by molar-refractivity contribution is 8.15. The molecule has 30 heavy (non-hydrogen) atoms. The number of ether oxygens (including phenoxy) is 1. The monoisotopic (exact) mass is 481 g/mol. The average molecular weight is 481 g/mol. The molecule has 0 aromatic heterocycles. The van der Waals surface area contributed by atoms with Crippen molar-refractivity contribution in [1.29, 1.82) is 0 Å². The fourth-order valence-electron chi connectivity index (χ4n) is 2.06. The molecule has 0 aliphatic heterocycles. The first-order valence-electron chi connectivity index (χ1n) is 7.92. The Hall–Kier alpha value is -2.22. The number of allylic oxidation sites excluding steroid dienone is 2. The van der Waals surface area contributed by atoms with E-state index in [2.05, 4.69) is 0 Å². The lowest BCUT2D eigenvalue weighted by molar-refractivity contribution is -0.0444. The third-order valence-electron chi connectivity index (χ3n) is 3.43. The van der Waals surface area contributed by atoms with Gasteiger partial charge in [-0.3, -0.25) is 0 Å². The van der Waals surface area contributed by atoms with E-state index in [4.69, 9.17) is 4.74 Å². The van der Waals surface area contributed by atoms with E-state index in [9.17, 15) is 43.2 Å². The van der Waals surface area contributed by atoms with E-state index in [-0.39, 0.29) is 18.2 Å². The van der Waals surface area contributed by atoms with Crippen molar-refractivity contribution in [2.75, 3.05) is 25.6 Å². The van der Waals surface area contributed by atoms with Gasteiger partial charge in [-0.25, -0.2) is 16.8 Å². The van der Waals surface area contributed by atoms with Crippen LogP contribution < -0.4 is 9.64 Å². The number of anilines is 1. The van der Waals surface area contributed by atoms with Gasteiger partial charge in [0.25, 0.3) is 19.7 Å². The van der Waals surface area contributed by atoms with Gasteiger partial charge in [0.15, 0.2) is 4.24 Å². The minimum atomic E-state index is -6.80. The molecule has 0 aliphatic carbocycles. The van der Waals surface area contributed by atoms with Gasteiger partial charge in [0.05, 0.1) is 12.3 Å².